The van der Waals surface area contributed by atoms with E-state index in [1.54, 1.807) is 0 Å². The quantitative estimate of drug-likeness (QED) is 0.886. The summed E-state index contributed by atoms with van der Waals surface area (Å²) in [5.41, 5.74) is 0.533. The van der Waals surface area contributed by atoms with Crippen LogP contribution < -0.4 is 0 Å². The van der Waals surface area contributed by atoms with Gasteiger partial charge in [0.15, 0.2) is 0 Å². The van der Waals surface area contributed by atoms with Gasteiger partial charge in [-0.2, -0.15) is 0 Å². The number of ether oxygens (including phenoxy) is 1. The number of rotatable bonds is 5. The maximum atomic E-state index is 13.1. The third kappa shape index (κ3) is 3.79. The molecule has 2 rings (SSSR count). The summed E-state index contributed by atoms with van der Waals surface area (Å²) in [7, 11) is 0. The fourth-order valence-corrected chi connectivity index (χ4v) is 2.85. The summed E-state index contributed by atoms with van der Waals surface area (Å²) in [5.74, 6) is -0.936. The first-order chi connectivity index (χ1) is 9.60. The molecule has 110 valence electrons. The Morgan fingerprint density at radius 2 is 2.25 bits per heavy atom. The van der Waals surface area contributed by atoms with E-state index in [1.165, 1.54) is 25.0 Å². The van der Waals surface area contributed by atoms with Crippen LogP contribution >= 0.6 is 0 Å². The third-order valence-electron chi connectivity index (χ3n) is 4.09. The van der Waals surface area contributed by atoms with E-state index in [1.807, 2.05) is 0 Å². The molecule has 1 aromatic carbocycles. The topological polar surface area (TPSA) is 46.5 Å². The molecule has 1 aliphatic rings. The van der Waals surface area contributed by atoms with Gasteiger partial charge in [-0.15, -0.1) is 0 Å². The van der Waals surface area contributed by atoms with Crippen molar-refractivity contribution in [2.75, 3.05) is 0 Å². The zero-order valence-electron chi connectivity index (χ0n) is 11.8. The van der Waals surface area contributed by atoms with Gasteiger partial charge >= 0.3 is 5.97 Å². The van der Waals surface area contributed by atoms with Crippen molar-refractivity contribution in [2.24, 2.45) is 5.92 Å². The second-order valence-corrected chi connectivity index (χ2v) is 5.48. The molecule has 0 aliphatic heterocycles. The third-order valence-corrected chi connectivity index (χ3v) is 4.09. The highest BCUT2D eigenvalue weighted by Crippen LogP contribution is 2.29. The molecule has 3 nitrogen and oxygen atoms in total. The fraction of sp³-hybridized carbons (Fsp3) is 0.562. The van der Waals surface area contributed by atoms with Crippen molar-refractivity contribution >= 4 is 5.97 Å². The van der Waals surface area contributed by atoms with Crippen LogP contribution in [0.1, 0.15) is 54.9 Å². The van der Waals surface area contributed by atoms with E-state index >= 15 is 0 Å². The molecule has 0 heterocycles. The van der Waals surface area contributed by atoms with E-state index in [0.717, 1.165) is 25.3 Å². The van der Waals surface area contributed by atoms with Gasteiger partial charge < -0.3 is 9.84 Å². The van der Waals surface area contributed by atoms with E-state index in [-0.39, 0.29) is 18.3 Å². The van der Waals surface area contributed by atoms with Crippen LogP contribution in [0.4, 0.5) is 4.39 Å². The van der Waals surface area contributed by atoms with Gasteiger partial charge in [0.1, 0.15) is 5.82 Å². The lowest BCUT2D eigenvalue weighted by Crippen LogP contribution is -2.22. The maximum Gasteiger partial charge on any atom is 0.336 e. The Bertz CT molecular complexity index is 473. The average molecular weight is 280 g/mol. The van der Waals surface area contributed by atoms with Crippen molar-refractivity contribution < 1.29 is 19.0 Å². The van der Waals surface area contributed by atoms with Gasteiger partial charge in [-0.3, -0.25) is 0 Å². The Balaban J connectivity index is 1.98. The Morgan fingerprint density at radius 1 is 1.45 bits per heavy atom. The molecule has 1 aliphatic carbocycles. The summed E-state index contributed by atoms with van der Waals surface area (Å²) in [4.78, 5) is 11.1. The van der Waals surface area contributed by atoms with Crippen molar-refractivity contribution in [1.29, 1.82) is 0 Å². The summed E-state index contributed by atoms with van der Waals surface area (Å²) in [6.45, 7) is 2.43. The maximum absolute atomic E-state index is 13.1. The van der Waals surface area contributed by atoms with Gasteiger partial charge in [-0.25, -0.2) is 9.18 Å². The number of hydrogen-bond donors (Lipinski definition) is 1. The molecular weight excluding hydrogens is 259 g/mol. The number of benzene rings is 1. The minimum Gasteiger partial charge on any atom is -0.478 e. The first-order valence-electron chi connectivity index (χ1n) is 7.23. The summed E-state index contributed by atoms with van der Waals surface area (Å²) in [6.07, 6.45) is 5.85. The van der Waals surface area contributed by atoms with Gasteiger partial charge in [-0.05, 0) is 36.5 Å². The van der Waals surface area contributed by atoms with Crippen LogP contribution in [0.3, 0.4) is 0 Å². The number of halogens is 1. The summed E-state index contributed by atoms with van der Waals surface area (Å²) in [6, 6.07) is 3.83. The monoisotopic (exact) mass is 280 g/mol. The molecule has 0 saturated heterocycles. The highest BCUT2D eigenvalue weighted by atomic mass is 19.1. The molecule has 0 radical (unpaired) electrons. The minimum atomic E-state index is -1.11. The number of carboxylic acid groups (broad SMARTS) is 1. The molecule has 1 saturated carbocycles. The van der Waals surface area contributed by atoms with E-state index in [9.17, 15) is 9.18 Å². The summed E-state index contributed by atoms with van der Waals surface area (Å²) < 4.78 is 18.9. The van der Waals surface area contributed by atoms with E-state index in [4.69, 9.17) is 9.84 Å². The molecule has 0 spiro atoms. The van der Waals surface area contributed by atoms with Crippen molar-refractivity contribution in [3.05, 3.63) is 35.1 Å². The van der Waals surface area contributed by atoms with Crippen LogP contribution in [0.25, 0.3) is 0 Å². The Morgan fingerprint density at radius 3 is 2.95 bits per heavy atom. The predicted molar refractivity (Wildman–Crippen MR) is 74.2 cm³/mol. The van der Waals surface area contributed by atoms with Crippen LogP contribution in [0.15, 0.2) is 18.2 Å². The standard InChI is InChI=1S/C16H21FO3/c1-2-11-4-3-5-14(8-11)20-10-12-6-7-13(17)9-15(12)16(18)19/h6-7,9,11,14H,2-5,8,10H2,1H3,(H,18,19). The molecule has 2 unspecified atom stereocenters. The normalized spacial score (nSPS) is 22.7. The molecule has 4 heteroatoms. The number of carboxylic acids is 1. The van der Waals surface area contributed by atoms with Crippen molar-refractivity contribution in [3.8, 4) is 0 Å². The Labute approximate surface area is 118 Å². The lowest BCUT2D eigenvalue weighted by atomic mass is 9.85. The van der Waals surface area contributed by atoms with Crippen LogP contribution in [0.2, 0.25) is 0 Å². The van der Waals surface area contributed by atoms with Crippen LogP contribution in [0, 0.1) is 11.7 Å². The van der Waals surface area contributed by atoms with Crippen molar-refractivity contribution in [1.82, 2.24) is 0 Å². The summed E-state index contributed by atoms with van der Waals surface area (Å²) >= 11 is 0. The molecule has 0 aromatic heterocycles. The van der Waals surface area contributed by atoms with Gasteiger partial charge in [0.25, 0.3) is 0 Å². The second kappa shape index (κ2) is 6.84. The molecule has 0 bridgehead atoms. The molecule has 0 amide bonds. The Hall–Kier alpha value is -1.42. The zero-order valence-corrected chi connectivity index (χ0v) is 11.8. The predicted octanol–water partition coefficient (Wildman–Crippen LogP) is 4.01. The first-order valence-corrected chi connectivity index (χ1v) is 7.23. The van der Waals surface area contributed by atoms with Crippen LogP contribution in [-0.2, 0) is 11.3 Å². The van der Waals surface area contributed by atoms with Crippen molar-refractivity contribution in [2.45, 2.75) is 51.7 Å². The number of hydrogen-bond acceptors (Lipinski definition) is 2. The molecule has 2 atom stereocenters. The van der Waals surface area contributed by atoms with Crippen LogP contribution in [-0.4, -0.2) is 17.2 Å². The number of carbonyl (C=O) groups is 1. The number of aromatic carboxylic acids is 1. The summed E-state index contributed by atoms with van der Waals surface area (Å²) in [5, 5.41) is 9.08. The van der Waals surface area contributed by atoms with Gasteiger partial charge in [0.2, 0.25) is 0 Å². The molecular formula is C16H21FO3. The van der Waals surface area contributed by atoms with E-state index in [0.29, 0.717) is 11.5 Å². The van der Waals surface area contributed by atoms with Gasteiger partial charge in [-0.1, -0.05) is 32.3 Å². The lowest BCUT2D eigenvalue weighted by Gasteiger charge is -2.28. The molecule has 20 heavy (non-hydrogen) atoms. The lowest BCUT2D eigenvalue weighted by molar-refractivity contribution is 0.00125. The molecule has 1 fully saturated rings. The first kappa shape index (κ1) is 15.0. The van der Waals surface area contributed by atoms with Crippen molar-refractivity contribution in [3.63, 3.8) is 0 Å². The average Bonchev–Trinajstić information content (AvgIpc) is 2.46. The molecule has 1 aromatic rings. The van der Waals surface area contributed by atoms with Crippen LogP contribution in [0.5, 0.6) is 0 Å². The SMILES string of the molecule is CCC1CCCC(OCc2ccc(F)cc2C(=O)O)C1. The van der Waals surface area contributed by atoms with E-state index in [2.05, 4.69) is 6.92 Å². The van der Waals surface area contributed by atoms with E-state index < -0.39 is 11.8 Å². The minimum absolute atomic E-state index is 0.00662. The molecule has 1 N–H and O–H groups in total. The zero-order chi connectivity index (χ0) is 14.5. The van der Waals surface area contributed by atoms with Gasteiger partial charge in [0, 0.05) is 0 Å². The smallest absolute Gasteiger partial charge is 0.336 e. The van der Waals surface area contributed by atoms with Gasteiger partial charge in [0.05, 0.1) is 18.3 Å². The Kier molecular flexibility index (Phi) is 5.12. The highest BCUT2D eigenvalue weighted by molar-refractivity contribution is 5.89. The second-order valence-electron chi connectivity index (χ2n) is 5.48. The fourth-order valence-electron chi connectivity index (χ4n) is 2.85. The highest BCUT2D eigenvalue weighted by Gasteiger charge is 2.22. The largest absolute Gasteiger partial charge is 0.478 e.